The van der Waals surface area contributed by atoms with Crippen molar-refractivity contribution in [2.75, 3.05) is 12.3 Å². The molecule has 24 heavy (non-hydrogen) atoms. The van der Waals surface area contributed by atoms with E-state index < -0.39 is 0 Å². The standard InChI is InChI=1S/C16H18N4OS3/c1-10-11(2)24-16-14(10)15(19-8-20-16)22-6-4-13(21)18-5-3-12-7-17-9-23-12/h7-9H,3-6H2,1-2H3,(H,18,21). The first-order valence-electron chi connectivity index (χ1n) is 7.62. The molecule has 3 heterocycles. The van der Waals surface area contributed by atoms with E-state index in [1.807, 2.05) is 11.7 Å². The number of nitrogens with zero attached hydrogens (tertiary/aromatic N) is 3. The summed E-state index contributed by atoms with van der Waals surface area (Å²) in [6, 6.07) is 0. The lowest BCUT2D eigenvalue weighted by molar-refractivity contribution is -0.120. The van der Waals surface area contributed by atoms with Crippen LogP contribution in [0.5, 0.6) is 0 Å². The van der Waals surface area contributed by atoms with Crippen LogP contribution >= 0.6 is 34.4 Å². The van der Waals surface area contributed by atoms with Gasteiger partial charge in [-0.1, -0.05) is 0 Å². The van der Waals surface area contributed by atoms with E-state index in [4.69, 9.17) is 0 Å². The van der Waals surface area contributed by atoms with E-state index >= 15 is 0 Å². The zero-order valence-electron chi connectivity index (χ0n) is 13.5. The van der Waals surface area contributed by atoms with E-state index in [1.165, 1.54) is 15.3 Å². The van der Waals surface area contributed by atoms with E-state index in [0.717, 1.165) is 21.7 Å². The third-order valence-corrected chi connectivity index (χ3v) is 6.62. The van der Waals surface area contributed by atoms with Crippen LogP contribution in [0, 0.1) is 13.8 Å². The minimum atomic E-state index is 0.0792. The molecule has 0 radical (unpaired) electrons. The van der Waals surface area contributed by atoms with Gasteiger partial charge in [0.05, 0.1) is 5.51 Å². The van der Waals surface area contributed by atoms with Gasteiger partial charge in [0.1, 0.15) is 16.2 Å². The first-order valence-corrected chi connectivity index (χ1v) is 10.3. The Bertz CT molecular complexity index is 829. The molecule has 0 saturated carbocycles. The highest BCUT2D eigenvalue weighted by Gasteiger charge is 2.12. The van der Waals surface area contributed by atoms with Gasteiger partial charge in [0.2, 0.25) is 5.91 Å². The van der Waals surface area contributed by atoms with Gasteiger partial charge in [-0.2, -0.15) is 0 Å². The van der Waals surface area contributed by atoms with E-state index in [1.54, 1.807) is 40.8 Å². The van der Waals surface area contributed by atoms with Gasteiger partial charge in [0.15, 0.2) is 0 Å². The summed E-state index contributed by atoms with van der Waals surface area (Å²) in [5.41, 5.74) is 3.05. The summed E-state index contributed by atoms with van der Waals surface area (Å²) < 4.78 is 0. The van der Waals surface area contributed by atoms with E-state index in [0.29, 0.717) is 18.7 Å². The van der Waals surface area contributed by atoms with Crippen molar-refractivity contribution in [2.24, 2.45) is 0 Å². The molecule has 0 aliphatic rings. The van der Waals surface area contributed by atoms with Gasteiger partial charge >= 0.3 is 0 Å². The average Bonchev–Trinajstić information content (AvgIpc) is 3.17. The number of rotatable bonds is 7. The topological polar surface area (TPSA) is 67.8 Å². The maximum atomic E-state index is 11.9. The molecule has 3 aromatic rings. The molecule has 0 unspecified atom stereocenters. The van der Waals surface area contributed by atoms with Crippen molar-refractivity contribution in [3.8, 4) is 0 Å². The van der Waals surface area contributed by atoms with E-state index in [9.17, 15) is 4.79 Å². The molecule has 126 valence electrons. The molecule has 0 aliphatic heterocycles. The number of amides is 1. The smallest absolute Gasteiger partial charge is 0.220 e. The zero-order valence-corrected chi connectivity index (χ0v) is 16.0. The van der Waals surface area contributed by atoms with Crippen LogP contribution in [0.15, 0.2) is 23.1 Å². The van der Waals surface area contributed by atoms with Crippen LogP contribution in [0.3, 0.4) is 0 Å². The number of aromatic nitrogens is 3. The van der Waals surface area contributed by atoms with Crippen molar-refractivity contribution in [1.82, 2.24) is 20.3 Å². The monoisotopic (exact) mass is 378 g/mol. The van der Waals surface area contributed by atoms with Crippen LogP contribution in [0.2, 0.25) is 0 Å². The molecule has 5 nitrogen and oxygen atoms in total. The van der Waals surface area contributed by atoms with Gasteiger partial charge in [0, 0.05) is 46.5 Å². The highest BCUT2D eigenvalue weighted by Crippen LogP contribution is 2.34. The molecule has 0 saturated heterocycles. The quantitative estimate of drug-likeness (QED) is 0.502. The first-order chi connectivity index (χ1) is 11.6. The predicted octanol–water partition coefficient (Wildman–Crippen LogP) is 3.61. The number of hydrogen-bond acceptors (Lipinski definition) is 7. The van der Waals surface area contributed by atoms with Crippen LogP contribution in [0.1, 0.15) is 21.7 Å². The number of carbonyl (C=O) groups excluding carboxylic acids is 1. The van der Waals surface area contributed by atoms with Gasteiger partial charge in [-0.05, 0) is 19.4 Å². The normalized spacial score (nSPS) is 11.1. The van der Waals surface area contributed by atoms with Crippen molar-refractivity contribution >= 4 is 50.6 Å². The number of fused-ring (bicyclic) bond motifs is 1. The van der Waals surface area contributed by atoms with Crippen LogP contribution < -0.4 is 5.32 Å². The first kappa shape index (κ1) is 17.3. The summed E-state index contributed by atoms with van der Waals surface area (Å²) in [5.74, 6) is 0.794. The minimum absolute atomic E-state index is 0.0792. The lowest BCUT2D eigenvalue weighted by atomic mass is 10.2. The van der Waals surface area contributed by atoms with Crippen molar-refractivity contribution in [2.45, 2.75) is 31.7 Å². The Balaban J connectivity index is 1.48. The van der Waals surface area contributed by atoms with Crippen LogP contribution in [-0.4, -0.2) is 33.2 Å². The Morgan fingerprint density at radius 1 is 1.33 bits per heavy atom. The fourth-order valence-electron chi connectivity index (χ4n) is 2.28. The summed E-state index contributed by atoms with van der Waals surface area (Å²) in [6.45, 7) is 4.87. The van der Waals surface area contributed by atoms with E-state index in [2.05, 4.69) is 34.1 Å². The van der Waals surface area contributed by atoms with Gasteiger partial charge in [-0.3, -0.25) is 9.78 Å². The molecule has 0 aromatic carbocycles. The third-order valence-electron chi connectivity index (χ3n) is 3.68. The molecule has 1 N–H and O–H groups in total. The molecule has 0 atom stereocenters. The van der Waals surface area contributed by atoms with Crippen molar-refractivity contribution in [3.05, 3.63) is 33.4 Å². The number of carbonyl (C=O) groups is 1. The van der Waals surface area contributed by atoms with Gasteiger partial charge in [-0.15, -0.1) is 34.4 Å². The molecule has 8 heteroatoms. The number of nitrogens with one attached hydrogen (secondary N) is 1. The molecular formula is C16H18N4OS3. The molecule has 0 bridgehead atoms. The summed E-state index contributed by atoms with van der Waals surface area (Å²) in [5, 5.41) is 5.06. The molecule has 0 fully saturated rings. The Hall–Kier alpha value is -1.51. The Kier molecular flexibility index (Phi) is 5.80. The maximum Gasteiger partial charge on any atom is 0.220 e. The second-order valence-electron chi connectivity index (χ2n) is 5.31. The lowest BCUT2D eigenvalue weighted by Crippen LogP contribution is -2.25. The predicted molar refractivity (Wildman–Crippen MR) is 101 cm³/mol. The molecule has 3 rings (SSSR count). The second-order valence-corrected chi connectivity index (χ2v) is 8.57. The van der Waals surface area contributed by atoms with E-state index in [-0.39, 0.29) is 5.91 Å². The number of hydrogen-bond donors (Lipinski definition) is 1. The summed E-state index contributed by atoms with van der Waals surface area (Å²) in [7, 11) is 0. The SMILES string of the molecule is Cc1sc2ncnc(SCCC(=O)NCCc3cncs3)c2c1C. The highest BCUT2D eigenvalue weighted by atomic mass is 32.2. The molecular weight excluding hydrogens is 360 g/mol. The fourth-order valence-corrected chi connectivity index (χ4v) is 4.94. The molecule has 1 amide bonds. The lowest BCUT2D eigenvalue weighted by Gasteiger charge is -2.05. The van der Waals surface area contributed by atoms with Gasteiger partial charge in [-0.25, -0.2) is 9.97 Å². The largest absolute Gasteiger partial charge is 0.356 e. The summed E-state index contributed by atoms with van der Waals surface area (Å²) in [6.07, 6.45) is 4.78. The zero-order chi connectivity index (χ0) is 16.9. The van der Waals surface area contributed by atoms with Crippen molar-refractivity contribution in [3.63, 3.8) is 0 Å². The Morgan fingerprint density at radius 2 is 2.21 bits per heavy atom. The Morgan fingerprint density at radius 3 is 3.00 bits per heavy atom. The Labute approximate surface area is 152 Å². The number of thioether (sulfide) groups is 1. The average molecular weight is 379 g/mol. The third kappa shape index (κ3) is 4.12. The van der Waals surface area contributed by atoms with Gasteiger partial charge < -0.3 is 5.32 Å². The van der Waals surface area contributed by atoms with Crippen LogP contribution in [0.4, 0.5) is 0 Å². The summed E-state index contributed by atoms with van der Waals surface area (Å²) >= 11 is 4.93. The molecule has 3 aromatic heterocycles. The molecule has 0 spiro atoms. The van der Waals surface area contributed by atoms with Crippen LogP contribution in [0.25, 0.3) is 10.2 Å². The minimum Gasteiger partial charge on any atom is -0.356 e. The summed E-state index contributed by atoms with van der Waals surface area (Å²) in [4.78, 5) is 28.2. The highest BCUT2D eigenvalue weighted by molar-refractivity contribution is 7.99. The molecule has 0 aliphatic carbocycles. The fraction of sp³-hybridized carbons (Fsp3) is 0.375. The number of aryl methyl sites for hydroxylation is 2. The maximum absolute atomic E-state index is 11.9. The van der Waals surface area contributed by atoms with Crippen molar-refractivity contribution < 1.29 is 4.79 Å². The van der Waals surface area contributed by atoms with Crippen molar-refractivity contribution in [1.29, 1.82) is 0 Å². The van der Waals surface area contributed by atoms with Gasteiger partial charge in [0.25, 0.3) is 0 Å². The number of thiazole rings is 1. The van der Waals surface area contributed by atoms with Crippen LogP contribution in [-0.2, 0) is 11.2 Å². The second kappa shape index (κ2) is 8.04. The number of thiophene rings is 1.